The molecule has 0 aliphatic rings. The summed E-state index contributed by atoms with van der Waals surface area (Å²) in [5, 5.41) is 11.3. The van der Waals surface area contributed by atoms with Crippen molar-refractivity contribution < 1.29 is 14.3 Å². The summed E-state index contributed by atoms with van der Waals surface area (Å²) < 4.78 is 8.97. The third-order valence-corrected chi connectivity index (χ3v) is 4.50. The van der Waals surface area contributed by atoms with Crippen LogP contribution in [0.15, 0.2) is 53.4 Å². The van der Waals surface area contributed by atoms with Crippen LogP contribution < -0.4 is 5.32 Å². The van der Waals surface area contributed by atoms with Crippen molar-refractivity contribution in [2.24, 2.45) is 0 Å². The van der Waals surface area contributed by atoms with Gasteiger partial charge in [-0.3, -0.25) is 9.48 Å². The van der Waals surface area contributed by atoms with Crippen molar-refractivity contribution in [3.05, 3.63) is 59.0 Å². The van der Waals surface area contributed by atoms with E-state index >= 15 is 0 Å². The average Bonchev–Trinajstić information content (AvgIpc) is 3.30. The number of rotatable bonds is 7. The van der Waals surface area contributed by atoms with Gasteiger partial charge in [0.1, 0.15) is 11.6 Å². The highest BCUT2D eigenvalue weighted by Gasteiger charge is 2.25. The Morgan fingerprint density at radius 1 is 1.18 bits per heavy atom. The molecule has 3 aromatic rings. The van der Waals surface area contributed by atoms with E-state index in [1.54, 1.807) is 24.0 Å². The molecule has 0 spiro atoms. The van der Waals surface area contributed by atoms with Gasteiger partial charge in [0.2, 0.25) is 5.91 Å². The largest absolute Gasteiger partial charge is 0.462 e. The predicted octanol–water partition coefficient (Wildman–Crippen LogP) is 3.60. The molecule has 146 valence electrons. The molecule has 0 aliphatic carbocycles. The summed E-state index contributed by atoms with van der Waals surface area (Å²) in [5.41, 5.74) is 0.902. The Morgan fingerprint density at radius 2 is 1.93 bits per heavy atom. The van der Waals surface area contributed by atoms with E-state index in [2.05, 4.69) is 31.4 Å². The van der Waals surface area contributed by atoms with E-state index in [4.69, 9.17) is 4.74 Å². The minimum absolute atomic E-state index is 0.190. The summed E-state index contributed by atoms with van der Waals surface area (Å²) in [6.45, 7) is 3.84. The molecule has 8 nitrogen and oxygen atoms in total. The average molecular weight is 446 g/mol. The van der Waals surface area contributed by atoms with E-state index in [1.165, 1.54) is 10.9 Å². The lowest BCUT2D eigenvalue weighted by atomic mass is 10.2. The van der Waals surface area contributed by atoms with E-state index in [1.807, 2.05) is 37.3 Å². The monoisotopic (exact) mass is 445 g/mol. The van der Waals surface area contributed by atoms with Crippen LogP contribution in [0.5, 0.6) is 0 Å². The lowest BCUT2D eigenvalue weighted by Crippen LogP contribution is -2.28. The number of para-hydroxylation sites is 1. The van der Waals surface area contributed by atoms with Crippen LogP contribution in [-0.4, -0.2) is 38.0 Å². The first-order valence-electron chi connectivity index (χ1n) is 8.86. The van der Waals surface area contributed by atoms with Gasteiger partial charge in [0, 0.05) is 6.20 Å². The van der Waals surface area contributed by atoms with Gasteiger partial charge >= 0.3 is 5.97 Å². The Labute approximate surface area is 170 Å². The fraction of sp³-hybridized carbons (Fsp3) is 0.263. The maximum absolute atomic E-state index is 13.0. The van der Waals surface area contributed by atoms with Gasteiger partial charge in [-0.05, 0) is 41.4 Å². The van der Waals surface area contributed by atoms with Crippen LogP contribution in [0, 0.1) is 0 Å². The van der Waals surface area contributed by atoms with E-state index in [0.29, 0.717) is 12.1 Å². The summed E-state index contributed by atoms with van der Waals surface area (Å²) in [7, 11) is 0. The maximum atomic E-state index is 13.0. The minimum Gasteiger partial charge on any atom is -0.462 e. The molecule has 0 fully saturated rings. The second-order valence-corrected chi connectivity index (χ2v) is 6.84. The van der Waals surface area contributed by atoms with Crippen LogP contribution in [0.25, 0.3) is 5.69 Å². The van der Waals surface area contributed by atoms with Crippen LogP contribution >= 0.6 is 15.9 Å². The van der Waals surface area contributed by atoms with Crippen molar-refractivity contribution in [2.45, 2.75) is 26.3 Å². The van der Waals surface area contributed by atoms with Gasteiger partial charge < -0.3 is 10.1 Å². The Bertz CT molecular complexity index is 967. The smallest absolute Gasteiger partial charge is 0.343 e. The van der Waals surface area contributed by atoms with Crippen LogP contribution in [0.2, 0.25) is 0 Å². The van der Waals surface area contributed by atoms with E-state index < -0.39 is 12.0 Å². The fourth-order valence-electron chi connectivity index (χ4n) is 2.77. The Kier molecular flexibility index (Phi) is 6.25. The van der Waals surface area contributed by atoms with Gasteiger partial charge in [-0.1, -0.05) is 25.1 Å². The highest BCUT2D eigenvalue weighted by molar-refractivity contribution is 9.10. The van der Waals surface area contributed by atoms with Gasteiger partial charge in [0.25, 0.3) is 0 Å². The molecule has 2 heterocycles. The Balaban J connectivity index is 1.97. The van der Waals surface area contributed by atoms with Crippen molar-refractivity contribution in [3.8, 4) is 5.69 Å². The van der Waals surface area contributed by atoms with Gasteiger partial charge in [0.05, 0.1) is 29.2 Å². The Hall–Kier alpha value is -2.94. The van der Waals surface area contributed by atoms with Crippen LogP contribution in [0.3, 0.4) is 0 Å². The van der Waals surface area contributed by atoms with Gasteiger partial charge in [0.15, 0.2) is 5.82 Å². The summed E-state index contributed by atoms with van der Waals surface area (Å²) in [5.74, 6) is -0.587. The molecule has 0 aliphatic heterocycles. The van der Waals surface area contributed by atoms with Crippen molar-refractivity contribution in [1.29, 1.82) is 0 Å². The number of amides is 1. The topological polar surface area (TPSA) is 91.0 Å². The molecule has 1 amide bonds. The summed E-state index contributed by atoms with van der Waals surface area (Å²) >= 11 is 3.34. The van der Waals surface area contributed by atoms with E-state index in [9.17, 15) is 9.59 Å². The molecule has 28 heavy (non-hydrogen) atoms. The molecule has 2 aromatic heterocycles. The first kappa shape index (κ1) is 19.8. The molecule has 0 bridgehead atoms. The molecule has 0 radical (unpaired) electrons. The molecular weight excluding hydrogens is 426 g/mol. The zero-order chi connectivity index (χ0) is 20.1. The number of carbonyl (C=O) groups excluding carboxylic acids is 2. The minimum atomic E-state index is -0.546. The van der Waals surface area contributed by atoms with Crippen molar-refractivity contribution >= 4 is 33.6 Å². The zero-order valence-corrected chi connectivity index (χ0v) is 17.1. The number of hydrogen-bond acceptors (Lipinski definition) is 5. The number of aromatic nitrogens is 4. The quantitative estimate of drug-likeness (QED) is 0.560. The molecule has 0 saturated heterocycles. The second kappa shape index (κ2) is 8.83. The van der Waals surface area contributed by atoms with E-state index in [0.717, 1.165) is 4.47 Å². The number of esters is 1. The van der Waals surface area contributed by atoms with Crippen LogP contribution in [0.4, 0.5) is 5.82 Å². The maximum Gasteiger partial charge on any atom is 0.343 e. The molecule has 1 aromatic carbocycles. The number of hydrogen-bond donors (Lipinski definition) is 1. The number of anilines is 1. The highest BCUT2D eigenvalue weighted by atomic mass is 79.9. The number of halogens is 1. The molecule has 1 unspecified atom stereocenters. The molecule has 9 heteroatoms. The van der Waals surface area contributed by atoms with Crippen molar-refractivity contribution in [1.82, 2.24) is 19.6 Å². The third kappa shape index (κ3) is 4.14. The van der Waals surface area contributed by atoms with Crippen LogP contribution in [-0.2, 0) is 9.53 Å². The number of benzene rings is 1. The summed E-state index contributed by atoms with van der Waals surface area (Å²) in [6.07, 6.45) is 5.27. The number of carbonyl (C=O) groups is 2. The Morgan fingerprint density at radius 3 is 2.54 bits per heavy atom. The van der Waals surface area contributed by atoms with Gasteiger partial charge in [-0.15, -0.1) is 0 Å². The SMILES string of the molecule is CCOC(=O)c1cnn(-c2ccccc2)c1NC(=O)C(CC)n1cc(Br)cn1. The number of ether oxygens (including phenoxy) is 1. The number of nitrogens with one attached hydrogen (secondary N) is 1. The third-order valence-electron chi connectivity index (χ3n) is 4.09. The lowest BCUT2D eigenvalue weighted by molar-refractivity contribution is -0.119. The first-order valence-corrected chi connectivity index (χ1v) is 9.65. The van der Waals surface area contributed by atoms with Gasteiger partial charge in [-0.2, -0.15) is 10.2 Å². The predicted molar refractivity (Wildman–Crippen MR) is 107 cm³/mol. The standard InChI is InChI=1S/C19H20BrN5O3/c1-3-16(24-12-13(20)10-21-24)18(26)23-17-15(19(27)28-4-2)11-22-25(17)14-8-6-5-7-9-14/h5-12,16H,3-4H2,1-2H3,(H,23,26). The van der Waals surface area contributed by atoms with Crippen LogP contribution in [0.1, 0.15) is 36.7 Å². The molecule has 0 saturated carbocycles. The first-order chi connectivity index (χ1) is 13.5. The van der Waals surface area contributed by atoms with Crippen molar-refractivity contribution in [2.75, 3.05) is 11.9 Å². The normalized spacial score (nSPS) is 11.8. The van der Waals surface area contributed by atoms with E-state index in [-0.39, 0.29) is 23.9 Å². The lowest BCUT2D eigenvalue weighted by Gasteiger charge is -2.17. The number of nitrogens with zero attached hydrogens (tertiary/aromatic N) is 4. The zero-order valence-electron chi connectivity index (χ0n) is 15.5. The second-order valence-electron chi connectivity index (χ2n) is 5.93. The summed E-state index contributed by atoms with van der Waals surface area (Å²) in [4.78, 5) is 25.3. The highest BCUT2D eigenvalue weighted by Crippen LogP contribution is 2.24. The summed E-state index contributed by atoms with van der Waals surface area (Å²) in [6, 6.07) is 8.70. The molecular formula is C19H20BrN5O3. The fourth-order valence-corrected chi connectivity index (χ4v) is 3.07. The van der Waals surface area contributed by atoms with Crippen molar-refractivity contribution in [3.63, 3.8) is 0 Å². The molecule has 1 atom stereocenters. The molecule has 3 rings (SSSR count). The molecule has 1 N–H and O–H groups in total. The van der Waals surface area contributed by atoms with Gasteiger partial charge in [-0.25, -0.2) is 9.48 Å².